The van der Waals surface area contributed by atoms with Crippen molar-refractivity contribution in [2.75, 3.05) is 10.2 Å². The van der Waals surface area contributed by atoms with Crippen molar-refractivity contribution >= 4 is 35.2 Å². The van der Waals surface area contributed by atoms with E-state index >= 15 is 0 Å². The Labute approximate surface area is 116 Å². The zero-order valence-corrected chi connectivity index (χ0v) is 13.1. The second-order valence-corrected chi connectivity index (χ2v) is 5.83. The molecule has 0 nitrogen and oxygen atoms in total. The van der Waals surface area contributed by atoms with Crippen LogP contribution in [0.5, 0.6) is 0 Å². The van der Waals surface area contributed by atoms with Gasteiger partial charge in [-0.25, -0.2) is 0 Å². The summed E-state index contributed by atoms with van der Waals surface area (Å²) >= 11 is 6.69. The van der Waals surface area contributed by atoms with E-state index in [1.807, 2.05) is 0 Å². The summed E-state index contributed by atoms with van der Waals surface area (Å²) in [6.45, 7) is 0. The highest BCUT2D eigenvalue weighted by Crippen LogP contribution is 2.11. The van der Waals surface area contributed by atoms with E-state index < -0.39 is 0 Å². The van der Waals surface area contributed by atoms with E-state index in [1.165, 1.54) is 75.1 Å². The third-order valence-electron chi connectivity index (χ3n) is 2.79. The number of hydrogen-bond donors (Lipinski definition) is 1. The summed E-state index contributed by atoms with van der Waals surface area (Å²) in [5.41, 5.74) is 0. The van der Waals surface area contributed by atoms with Gasteiger partial charge < -0.3 is 0 Å². The molecule has 0 aromatic rings. The first kappa shape index (κ1) is 16.1. The zero-order valence-electron chi connectivity index (χ0n) is 10.0. The van der Waals surface area contributed by atoms with Gasteiger partial charge in [0.25, 0.3) is 0 Å². The number of rotatable bonds is 12. The number of thiol groups is 1. The lowest BCUT2D eigenvalue weighted by atomic mass is 10.1. The molecular weight excluding hydrogens is 315 g/mol. The summed E-state index contributed by atoms with van der Waals surface area (Å²) in [5.74, 6) is 1.07. The normalized spacial score (nSPS) is 10.8. The van der Waals surface area contributed by atoms with Gasteiger partial charge in [0.2, 0.25) is 0 Å². The van der Waals surface area contributed by atoms with Crippen molar-refractivity contribution in [1.29, 1.82) is 0 Å². The second kappa shape index (κ2) is 15.1. The highest BCUT2D eigenvalue weighted by atomic mass is 127. The van der Waals surface area contributed by atoms with Crippen molar-refractivity contribution < 1.29 is 0 Å². The molecule has 0 atom stereocenters. The SMILES string of the molecule is SCCCCCCCCCCCCCI. The maximum Gasteiger partial charge on any atom is -0.000473 e. The largest absolute Gasteiger partial charge is 0.179 e. The Morgan fingerprint density at radius 1 is 0.533 bits per heavy atom. The second-order valence-electron chi connectivity index (χ2n) is 4.30. The number of halogens is 1. The molecule has 0 spiro atoms. The maximum atomic E-state index is 4.22. The highest BCUT2D eigenvalue weighted by Gasteiger charge is 1.92. The van der Waals surface area contributed by atoms with E-state index in [1.54, 1.807) is 0 Å². The van der Waals surface area contributed by atoms with E-state index in [2.05, 4.69) is 35.2 Å². The van der Waals surface area contributed by atoms with Crippen molar-refractivity contribution in [3.8, 4) is 0 Å². The van der Waals surface area contributed by atoms with Gasteiger partial charge in [-0.3, -0.25) is 0 Å². The number of alkyl halides is 1. The monoisotopic (exact) mass is 342 g/mol. The molecule has 0 heterocycles. The number of unbranched alkanes of at least 4 members (excludes halogenated alkanes) is 10. The van der Waals surface area contributed by atoms with E-state index in [9.17, 15) is 0 Å². The van der Waals surface area contributed by atoms with Gasteiger partial charge in [0.05, 0.1) is 0 Å². The first-order chi connectivity index (χ1) is 7.41. The Bertz CT molecular complexity index is 94.7. The fourth-order valence-corrected chi connectivity index (χ4v) is 2.56. The first-order valence-corrected chi connectivity index (χ1v) is 8.74. The Balaban J connectivity index is 2.81. The van der Waals surface area contributed by atoms with Crippen molar-refractivity contribution in [3.63, 3.8) is 0 Å². The molecule has 0 aliphatic rings. The minimum atomic E-state index is 1.07. The topological polar surface area (TPSA) is 0 Å². The van der Waals surface area contributed by atoms with Crippen LogP contribution in [0.1, 0.15) is 70.6 Å². The van der Waals surface area contributed by atoms with Gasteiger partial charge in [-0.05, 0) is 23.0 Å². The molecule has 0 saturated carbocycles. The summed E-state index contributed by atoms with van der Waals surface area (Å²) in [5, 5.41) is 0. The lowest BCUT2D eigenvalue weighted by molar-refractivity contribution is 0.556. The van der Waals surface area contributed by atoms with Crippen LogP contribution < -0.4 is 0 Å². The molecule has 0 bridgehead atoms. The predicted molar refractivity (Wildman–Crippen MR) is 83.5 cm³/mol. The summed E-state index contributed by atoms with van der Waals surface area (Å²) in [6, 6.07) is 0. The van der Waals surface area contributed by atoms with Gasteiger partial charge in [0.15, 0.2) is 0 Å². The van der Waals surface area contributed by atoms with E-state index in [0.29, 0.717) is 0 Å². The quantitative estimate of drug-likeness (QED) is 0.202. The van der Waals surface area contributed by atoms with Crippen LogP contribution in [-0.4, -0.2) is 10.2 Å². The lowest BCUT2D eigenvalue weighted by Gasteiger charge is -2.01. The molecule has 0 aliphatic heterocycles. The van der Waals surface area contributed by atoms with Gasteiger partial charge in [-0.1, -0.05) is 80.4 Å². The molecule has 0 amide bonds. The molecule has 0 aromatic heterocycles. The maximum absolute atomic E-state index is 4.22. The van der Waals surface area contributed by atoms with Crippen molar-refractivity contribution in [3.05, 3.63) is 0 Å². The van der Waals surface area contributed by atoms with Gasteiger partial charge >= 0.3 is 0 Å². The van der Waals surface area contributed by atoms with Crippen LogP contribution in [0.4, 0.5) is 0 Å². The fraction of sp³-hybridized carbons (Fsp3) is 1.00. The molecule has 0 aromatic carbocycles. The summed E-state index contributed by atoms with van der Waals surface area (Å²) < 4.78 is 1.34. The van der Waals surface area contributed by atoms with E-state index in [4.69, 9.17) is 0 Å². The Hall–Kier alpha value is 1.08. The molecule has 0 unspecified atom stereocenters. The van der Waals surface area contributed by atoms with Crippen LogP contribution in [0, 0.1) is 0 Å². The van der Waals surface area contributed by atoms with Crippen LogP contribution in [-0.2, 0) is 0 Å². The smallest absolute Gasteiger partial charge is 0.000473 e. The Morgan fingerprint density at radius 2 is 0.867 bits per heavy atom. The molecule has 92 valence electrons. The fourth-order valence-electron chi connectivity index (χ4n) is 1.80. The standard InChI is InChI=1S/C13H27IS/c14-12-10-8-6-4-2-1-3-5-7-9-11-13-15/h15H,1-13H2. The van der Waals surface area contributed by atoms with Gasteiger partial charge in [-0.2, -0.15) is 12.6 Å². The van der Waals surface area contributed by atoms with Gasteiger partial charge in [-0.15, -0.1) is 0 Å². The molecule has 0 fully saturated rings. The zero-order chi connectivity index (χ0) is 11.2. The minimum Gasteiger partial charge on any atom is -0.179 e. The average Bonchev–Trinajstić information content (AvgIpc) is 2.26. The molecule has 0 saturated heterocycles. The average molecular weight is 342 g/mol. The van der Waals surface area contributed by atoms with Crippen LogP contribution in [0.25, 0.3) is 0 Å². The third-order valence-corrected chi connectivity index (χ3v) is 3.87. The molecule has 0 aliphatic carbocycles. The van der Waals surface area contributed by atoms with Crippen molar-refractivity contribution in [2.45, 2.75) is 70.6 Å². The van der Waals surface area contributed by atoms with E-state index in [0.717, 1.165) is 5.75 Å². The molecule has 0 rings (SSSR count). The van der Waals surface area contributed by atoms with Crippen molar-refractivity contribution in [1.82, 2.24) is 0 Å². The predicted octanol–water partition coefficient (Wildman–Crippen LogP) is 5.64. The number of hydrogen-bond acceptors (Lipinski definition) is 1. The summed E-state index contributed by atoms with van der Waals surface area (Å²) in [6.07, 6.45) is 15.7. The molecular formula is C13H27IS. The van der Waals surface area contributed by atoms with Crippen LogP contribution >= 0.6 is 35.2 Å². The first-order valence-electron chi connectivity index (χ1n) is 6.58. The molecule has 2 heteroatoms. The minimum absolute atomic E-state index is 1.07. The van der Waals surface area contributed by atoms with Crippen LogP contribution in [0.2, 0.25) is 0 Å². The van der Waals surface area contributed by atoms with E-state index in [-0.39, 0.29) is 0 Å². The highest BCUT2D eigenvalue weighted by molar-refractivity contribution is 14.1. The Kier molecular flexibility index (Phi) is 16.2. The molecule has 0 N–H and O–H groups in total. The van der Waals surface area contributed by atoms with Crippen LogP contribution in [0.15, 0.2) is 0 Å². The third kappa shape index (κ3) is 15.1. The summed E-state index contributed by atoms with van der Waals surface area (Å²) in [7, 11) is 0. The Morgan fingerprint density at radius 3 is 1.20 bits per heavy atom. The summed E-state index contributed by atoms with van der Waals surface area (Å²) in [4.78, 5) is 0. The molecule has 0 radical (unpaired) electrons. The van der Waals surface area contributed by atoms with Crippen LogP contribution in [0.3, 0.4) is 0 Å². The van der Waals surface area contributed by atoms with Crippen molar-refractivity contribution in [2.24, 2.45) is 0 Å². The lowest BCUT2D eigenvalue weighted by Crippen LogP contribution is -1.83. The molecule has 15 heavy (non-hydrogen) atoms. The van der Waals surface area contributed by atoms with Gasteiger partial charge in [0, 0.05) is 0 Å². The van der Waals surface area contributed by atoms with Gasteiger partial charge in [0.1, 0.15) is 0 Å².